The molecule has 2 saturated carbocycles. The van der Waals surface area contributed by atoms with E-state index in [4.69, 9.17) is 4.74 Å². The molecule has 3 heterocycles. The van der Waals surface area contributed by atoms with Crippen molar-refractivity contribution in [3.05, 3.63) is 29.7 Å². The highest BCUT2D eigenvalue weighted by molar-refractivity contribution is 5.86. The Morgan fingerprint density at radius 2 is 1.87 bits per heavy atom. The van der Waals surface area contributed by atoms with Crippen LogP contribution < -0.4 is 4.74 Å². The minimum Gasteiger partial charge on any atom is -0.488 e. The van der Waals surface area contributed by atoms with E-state index in [1.165, 1.54) is 0 Å². The molecule has 0 amide bonds. The van der Waals surface area contributed by atoms with Crippen molar-refractivity contribution < 1.29 is 19.3 Å². The van der Waals surface area contributed by atoms with Crippen molar-refractivity contribution in [2.45, 2.75) is 102 Å². The fourth-order valence-corrected chi connectivity index (χ4v) is 7.10. The standard InChI is InChI=1S/C25H35FN2O3/c1-14(2)31-20-6-5-19-22(23(20)26)18(12-27-19)15(3)7-21(29)28-16-8-24(4)9-17(28)11-25(30,10-16)13-24/h5-6,12,14-17,21,27,29-30H,7-11,13H2,1-4H3. The molecule has 4 bridgehead atoms. The van der Waals surface area contributed by atoms with E-state index >= 15 is 4.39 Å². The van der Waals surface area contributed by atoms with Gasteiger partial charge in [0.25, 0.3) is 0 Å². The van der Waals surface area contributed by atoms with Gasteiger partial charge < -0.3 is 19.9 Å². The van der Waals surface area contributed by atoms with E-state index in [0.717, 1.165) is 43.2 Å². The minimum absolute atomic E-state index is 0.0246. The van der Waals surface area contributed by atoms with Gasteiger partial charge in [-0.15, -0.1) is 0 Å². The molecule has 4 unspecified atom stereocenters. The van der Waals surface area contributed by atoms with Gasteiger partial charge in [-0.05, 0) is 81.4 Å². The lowest BCUT2D eigenvalue weighted by Gasteiger charge is -2.64. The fourth-order valence-electron chi connectivity index (χ4n) is 7.10. The lowest BCUT2D eigenvalue weighted by molar-refractivity contribution is -0.221. The number of piperidine rings is 2. The smallest absolute Gasteiger partial charge is 0.174 e. The van der Waals surface area contributed by atoms with E-state index in [1.807, 2.05) is 33.0 Å². The van der Waals surface area contributed by atoms with Gasteiger partial charge in [-0.2, -0.15) is 0 Å². The Kier molecular flexibility index (Phi) is 4.92. The first-order valence-electron chi connectivity index (χ1n) is 11.7. The van der Waals surface area contributed by atoms with Crippen molar-refractivity contribution in [1.29, 1.82) is 0 Å². The van der Waals surface area contributed by atoms with Gasteiger partial charge in [-0.3, -0.25) is 4.90 Å². The molecule has 0 radical (unpaired) electrons. The average molecular weight is 431 g/mol. The number of nitrogens with zero attached hydrogens (tertiary/aromatic N) is 1. The molecule has 4 aliphatic rings. The van der Waals surface area contributed by atoms with E-state index in [1.54, 1.807) is 6.07 Å². The number of hydrogen-bond acceptors (Lipinski definition) is 4. The average Bonchev–Trinajstić information content (AvgIpc) is 3.06. The molecule has 6 heteroatoms. The molecular weight excluding hydrogens is 395 g/mol. The summed E-state index contributed by atoms with van der Waals surface area (Å²) in [5.74, 6) is -0.0975. The molecule has 1 aromatic carbocycles. The number of aromatic amines is 1. The molecule has 6 rings (SSSR count). The number of aromatic nitrogens is 1. The van der Waals surface area contributed by atoms with Crippen LogP contribution in [0.2, 0.25) is 0 Å². The van der Waals surface area contributed by atoms with E-state index in [9.17, 15) is 10.2 Å². The number of ether oxygens (including phenoxy) is 1. The number of aliphatic hydroxyl groups excluding tert-OH is 1. The van der Waals surface area contributed by atoms with Crippen molar-refractivity contribution in [2.24, 2.45) is 5.41 Å². The minimum atomic E-state index is -0.597. The van der Waals surface area contributed by atoms with Gasteiger partial charge in [0, 0.05) is 29.2 Å². The Bertz CT molecular complexity index is 951. The molecule has 31 heavy (non-hydrogen) atoms. The highest BCUT2D eigenvalue weighted by Gasteiger charge is 2.59. The molecule has 3 N–H and O–H groups in total. The van der Waals surface area contributed by atoms with Crippen LogP contribution in [0.5, 0.6) is 5.75 Å². The summed E-state index contributed by atoms with van der Waals surface area (Å²) in [6.45, 7) is 8.11. The Morgan fingerprint density at radius 3 is 2.48 bits per heavy atom. The number of benzene rings is 1. The summed E-state index contributed by atoms with van der Waals surface area (Å²) in [6, 6.07) is 3.97. The topological polar surface area (TPSA) is 68.7 Å². The number of hydrogen-bond donors (Lipinski definition) is 3. The molecule has 4 fully saturated rings. The van der Waals surface area contributed by atoms with Crippen molar-refractivity contribution in [1.82, 2.24) is 9.88 Å². The van der Waals surface area contributed by atoms with Crippen LogP contribution in [0, 0.1) is 11.2 Å². The summed E-state index contributed by atoms with van der Waals surface area (Å²) in [4.78, 5) is 5.44. The second-order valence-corrected chi connectivity index (χ2v) is 11.1. The second-order valence-electron chi connectivity index (χ2n) is 11.1. The zero-order valence-corrected chi connectivity index (χ0v) is 19.0. The number of rotatable bonds is 6. The molecule has 4 atom stereocenters. The molecule has 2 aliphatic heterocycles. The van der Waals surface area contributed by atoms with Crippen molar-refractivity contribution in [3.63, 3.8) is 0 Å². The monoisotopic (exact) mass is 430 g/mol. The van der Waals surface area contributed by atoms with Crippen LogP contribution in [-0.4, -0.2) is 50.1 Å². The van der Waals surface area contributed by atoms with Crippen molar-refractivity contribution in [3.8, 4) is 5.75 Å². The Balaban J connectivity index is 1.37. The zero-order valence-electron chi connectivity index (χ0n) is 19.0. The molecule has 0 spiro atoms. The Hall–Kier alpha value is -1.63. The SMILES string of the molecule is CC(C)Oc1ccc2[nH]cc(C(C)CC(O)N3C4CC5(C)CC3CC(O)(C4)C5)c2c1F. The van der Waals surface area contributed by atoms with Crippen LogP contribution in [0.25, 0.3) is 10.9 Å². The van der Waals surface area contributed by atoms with Crippen molar-refractivity contribution in [2.75, 3.05) is 0 Å². The van der Waals surface area contributed by atoms with Gasteiger partial charge in [0.15, 0.2) is 11.6 Å². The third-order valence-electron chi connectivity index (χ3n) is 7.87. The summed E-state index contributed by atoms with van der Waals surface area (Å²) >= 11 is 0. The van der Waals surface area contributed by atoms with E-state index in [0.29, 0.717) is 11.8 Å². The fraction of sp³-hybridized carbons (Fsp3) is 0.680. The molecule has 1 aromatic heterocycles. The van der Waals surface area contributed by atoms with Crippen LogP contribution in [-0.2, 0) is 0 Å². The maximum atomic E-state index is 15.3. The summed E-state index contributed by atoms with van der Waals surface area (Å²) in [7, 11) is 0. The number of H-pyrrole nitrogens is 1. The molecule has 2 aliphatic carbocycles. The van der Waals surface area contributed by atoms with Gasteiger partial charge >= 0.3 is 0 Å². The summed E-state index contributed by atoms with van der Waals surface area (Å²) in [5.41, 5.74) is 1.25. The molecule has 2 aromatic rings. The Labute approximate surface area is 183 Å². The molecule has 5 nitrogen and oxygen atoms in total. The summed E-state index contributed by atoms with van der Waals surface area (Å²) in [5, 5.41) is 22.8. The van der Waals surface area contributed by atoms with Gasteiger partial charge in [-0.25, -0.2) is 4.39 Å². The zero-order chi connectivity index (χ0) is 22.1. The van der Waals surface area contributed by atoms with Gasteiger partial charge in [0.1, 0.15) is 6.23 Å². The Morgan fingerprint density at radius 1 is 1.19 bits per heavy atom. The van der Waals surface area contributed by atoms with Crippen LogP contribution >= 0.6 is 0 Å². The van der Waals surface area contributed by atoms with Crippen molar-refractivity contribution >= 4 is 10.9 Å². The predicted molar refractivity (Wildman–Crippen MR) is 119 cm³/mol. The summed E-state index contributed by atoms with van der Waals surface area (Å²) in [6.07, 6.45) is 6.16. The second kappa shape index (κ2) is 7.19. The van der Waals surface area contributed by atoms with E-state index in [2.05, 4.69) is 16.8 Å². The highest BCUT2D eigenvalue weighted by atomic mass is 19.1. The third-order valence-corrected chi connectivity index (χ3v) is 7.87. The van der Waals surface area contributed by atoms with Crippen LogP contribution in [0.1, 0.15) is 77.7 Å². The van der Waals surface area contributed by atoms with Gasteiger partial charge in [0.2, 0.25) is 0 Å². The quantitative estimate of drug-likeness (QED) is 0.623. The normalized spacial score (nSPS) is 34.6. The largest absolute Gasteiger partial charge is 0.488 e. The number of nitrogens with one attached hydrogen (secondary N) is 1. The first kappa shape index (κ1) is 21.2. The molecular formula is C25H35FN2O3. The number of aliphatic hydroxyl groups is 2. The van der Waals surface area contributed by atoms with Crippen LogP contribution in [0.4, 0.5) is 4.39 Å². The van der Waals surface area contributed by atoms with Crippen LogP contribution in [0.3, 0.4) is 0 Å². The third kappa shape index (κ3) is 3.57. The maximum Gasteiger partial charge on any atom is 0.174 e. The van der Waals surface area contributed by atoms with Gasteiger partial charge in [0.05, 0.1) is 11.7 Å². The summed E-state index contributed by atoms with van der Waals surface area (Å²) < 4.78 is 20.9. The molecule has 2 saturated heterocycles. The van der Waals surface area contributed by atoms with E-state index in [-0.39, 0.29) is 41.1 Å². The van der Waals surface area contributed by atoms with Crippen LogP contribution in [0.15, 0.2) is 18.3 Å². The first-order valence-corrected chi connectivity index (χ1v) is 11.7. The lowest BCUT2D eigenvalue weighted by Crippen LogP contribution is -2.69. The highest BCUT2D eigenvalue weighted by Crippen LogP contribution is 2.58. The maximum absolute atomic E-state index is 15.3. The predicted octanol–water partition coefficient (Wildman–Crippen LogP) is 4.67. The number of halogens is 1. The van der Waals surface area contributed by atoms with E-state index < -0.39 is 11.8 Å². The lowest BCUT2D eigenvalue weighted by atomic mass is 9.54. The molecule has 170 valence electrons. The number of fused-ring (bicyclic) bond motifs is 1. The first-order chi connectivity index (χ1) is 14.6. The van der Waals surface area contributed by atoms with Gasteiger partial charge in [-0.1, -0.05) is 13.8 Å².